The number of rotatable bonds is 4. The first-order valence-corrected chi connectivity index (χ1v) is 6.83. The lowest BCUT2D eigenvalue weighted by molar-refractivity contribution is 0.318. The van der Waals surface area contributed by atoms with Crippen molar-refractivity contribution >= 4 is 34.5 Å². The third-order valence-corrected chi connectivity index (χ3v) is 3.94. The quantitative estimate of drug-likeness (QED) is 0.394. The highest BCUT2D eigenvalue weighted by Gasteiger charge is 2.11. The fraction of sp³-hybridized carbons (Fsp3) is 0.154. The molecule has 0 atom stereocenters. The van der Waals surface area contributed by atoms with Crippen LogP contribution in [0.25, 0.3) is 0 Å². The maximum Gasteiger partial charge on any atom is 0.172 e. The van der Waals surface area contributed by atoms with Crippen LogP contribution in [0, 0.1) is 0 Å². The minimum absolute atomic E-state index is 0.103. The number of hydrogen-bond donors (Lipinski definition) is 2. The average Bonchev–Trinajstić information content (AvgIpc) is 2.83. The summed E-state index contributed by atoms with van der Waals surface area (Å²) < 4.78 is 0.771. The fourth-order valence-electron chi connectivity index (χ4n) is 1.83. The summed E-state index contributed by atoms with van der Waals surface area (Å²) in [6.45, 7) is 0.715. The Hall–Kier alpha value is -1.72. The summed E-state index contributed by atoms with van der Waals surface area (Å²) in [6, 6.07) is 11.4. The van der Waals surface area contributed by atoms with Crippen LogP contribution in [0.15, 0.2) is 41.6 Å². The predicted molar refractivity (Wildman–Crippen MR) is 80.4 cm³/mol. The van der Waals surface area contributed by atoms with E-state index in [4.69, 9.17) is 22.5 Å². The minimum atomic E-state index is 0.103. The Morgan fingerprint density at radius 2 is 2.11 bits per heavy atom. The first-order chi connectivity index (χ1) is 9.11. The molecule has 0 amide bonds. The Morgan fingerprint density at radius 3 is 2.74 bits per heavy atom. The van der Waals surface area contributed by atoms with Crippen LogP contribution in [-0.2, 0) is 6.54 Å². The number of nitrogens with zero attached hydrogens (tertiary/aromatic N) is 2. The Kier molecular flexibility index (Phi) is 4.29. The molecule has 2 aromatic rings. The summed E-state index contributed by atoms with van der Waals surface area (Å²) in [5.74, 6) is 0.103. The average molecular weight is 296 g/mol. The van der Waals surface area contributed by atoms with Crippen molar-refractivity contribution in [2.75, 3.05) is 11.9 Å². The molecule has 0 saturated heterocycles. The van der Waals surface area contributed by atoms with Crippen LogP contribution >= 0.6 is 22.9 Å². The Labute approximate surface area is 120 Å². The van der Waals surface area contributed by atoms with E-state index < -0.39 is 0 Å². The largest absolute Gasteiger partial charge is 0.409 e. The number of amidine groups is 1. The van der Waals surface area contributed by atoms with Crippen molar-refractivity contribution in [3.8, 4) is 0 Å². The number of thiophene rings is 1. The standard InChI is InChI=1S/C13H14ClN3OS/c1-17(8-9-6-7-12(14)19-9)11-5-3-2-4-10(11)13(15)16-18/h2-7,18H,8H2,1H3,(H2,15,16). The van der Waals surface area contributed by atoms with Gasteiger partial charge in [0.1, 0.15) is 0 Å². The third-order valence-electron chi connectivity index (χ3n) is 2.72. The molecule has 1 aromatic heterocycles. The number of para-hydroxylation sites is 1. The molecular weight excluding hydrogens is 282 g/mol. The van der Waals surface area contributed by atoms with E-state index >= 15 is 0 Å². The summed E-state index contributed by atoms with van der Waals surface area (Å²) in [5, 5.41) is 11.9. The van der Waals surface area contributed by atoms with E-state index in [-0.39, 0.29) is 5.84 Å². The van der Waals surface area contributed by atoms with Crippen molar-refractivity contribution in [1.82, 2.24) is 0 Å². The summed E-state index contributed by atoms with van der Waals surface area (Å²) in [6.07, 6.45) is 0. The zero-order valence-electron chi connectivity index (χ0n) is 10.4. The zero-order valence-corrected chi connectivity index (χ0v) is 11.9. The van der Waals surface area contributed by atoms with E-state index in [1.165, 1.54) is 0 Å². The van der Waals surface area contributed by atoms with Crippen molar-refractivity contribution in [1.29, 1.82) is 0 Å². The van der Waals surface area contributed by atoms with E-state index in [0.29, 0.717) is 12.1 Å². The number of benzene rings is 1. The van der Waals surface area contributed by atoms with Crippen LogP contribution in [0.5, 0.6) is 0 Å². The second-order valence-corrected chi connectivity index (χ2v) is 5.86. The van der Waals surface area contributed by atoms with Gasteiger partial charge in [0.05, 0.1) is 10.9 Å². The van der Waals surface area contributed by atoms with Crippen molar-refractivity contribution in [2.24, 2.45) is 10.9 Å². The van der Waals surface area contributed by atoms with E-state index in [1.54, 1.807) is 11.3 Å². The van der Waals surface area contributed by atoms with Crippen LogP contribution in [0.1, 0.15) is 10.4 Å². The lowest BCUT2D eigenvalue weighted by atomic mass is 10.1. The van der Waals surface area contributed by atoms with Gasteiger partial charge in [-0.25, -0.2) is 0 Å². The van der Waals surface area contributed by atoms with Crippen molar-refractivity contribution in [3.05, 3.63) is 51.2 Å². The lowest BCUT2D eigenvalue weighted by Crippen LogP contribution is -2.22. The van der Waals surface area contributed by atoms with E-state index in [0.717, 1.165) is 14.9 Å². The van der Waals surface area contributed by atoms with Gasteiger partial charge in [-0.2, -0.15) is 0 Å². The van der Waals surface area contributed by atoms with Gasteiger partial charge < -0.3 is 15.8 Å². The zero-order chi connectivity index (χ0) is 13.8. The van der Waals surface area contributed by atoms with E-state index in [2.05, 4.69) is 5.16 Å². The van der Waals surface area contributed by atoms with Gasteiger partial charge in [0.2, 0.25) is 0 Å². The molecule has 3 N–H and O–H groups in total. The number of nitrogens with two attached hydrogens (primary N) is 1. The number of oxime groups is 1. The SMILES string of the molecule is CN(Cc1ccc(Cl)s1)c1ccccc1/C(N)=N/O. The third kappa shape index (κ3) is 3.19. The minimum Gasteiger partial charge on any atom is -0.409 e. The Bertz CT molecular complexity index is 597. The maximum atomic E-state index is 8.82. The van der Waals surface area contributed by atoms with Crippen LogP contribution in [0.2, 0.25) is 4.34 Å². The molecule has 19 heavy (non-hydrogen) atoms. The molecule has 6 heteroatoms. The molecule has 0 fully saturated rings. The summed E-state index contributed by atoms with van der Waals surface area (Å²) >= 11 is 7.47. The van der Waals surface area contributed by atoms with E-state index in [1.807, 2.05) is 48.3 Å². The van der Waals surface area contributed by atoms with Crippen LogP contribution in [-0.4, -0.2) is 18.1 Å². The molecule has 1 aromatic carbocycles. The van der Waals surface area contributed by atoms with Gasteiger partial charge in [-0.1, -0.05) is 28.9 Å². The summed E-state index contributed by atoms with van der Waals surface area (Å²) in [7, 11) is 1.96. The number of anilines is 1. The second kappa shape index (κ2) is 5.95. The predicted octanol–water partition coefficient (Wildman–Crippen LogP) is 3.13. The first kappa shape index (κ1) is 13.7. The molecule has 1 heterocycles. The highest BCUT2D eigenvalue weighted by Crippen LogP contribution is 2.26. The monoisotopic (exact) mass is 295 g/mol. The van der Waals surface area contributed by atoms with Crippen molar-refractivity contribution in [3.63, 3.8) is 0 Å². The molecule has 100 valence electrons. The van der Waals surface area contributed by atoms with Gasteiger partial charge in [0.15, 0.2) is 5.84 Å². The Balaban J connectivity index is 2.26. The molecule has 0 aliphatic rings. The smallest absolute Gasteiger partial charge is 0.172 e. The maximum absolute atomic E-state index is 8.82. The highest BCUT2D eigenvalue weighted by atomic mass is 35.5. The molecule has 2 rings (SSSR count). The van der Waals surface area contributed by atoms with Gasteiger partial charge in [-0.15, -0.1) is 11.3 Å². The molecule has 0 saturated carbocycles. The normalized spacial score (nSPS) is 11.6. The molecule has 0 unspecified atom stereocenters. The van der Waals surface area contributed by atoms with Gasteiger partial charge >= 0.3 is 0 Å². The van der Waals surface area contributed by atoms with Gasteiger partial charge in [0.25, 0.3) is 0 Å². The van der Waals surface area contributed by atoms with Crippen LogP contribution in [0.3, 0.4) is 0 Å². The molecular formula is C13H14ClN3OS. The summed E-state index contributed by atoms with van der Waals surface area (Å²) in [4.78, 5) is 3.19. The molecule has 0 radical (unpaired) electrons. The van der Waals surface area contributed by atoms with Crippen molar-refractivity contribution < 1.29 is 5.21 Å². The molecule has 0 aliphatic heterocycles. The van der Waals surface area contributed by atoms with E-state index in [9.17, 15) is 0 Å². The van der Waals surface area contributed by atoms with Crippen LogP contribution < -0.4 is 10.6 Å². The molecule has 0 aliphatic carbocycles. The van der Waals surface area contributed by atoms with Gasteiger partial charge in [0, 0.05) is 23.2 Å². The first-order valence-electron chi connectivity index (χ1n) is 5.64. The van der Waals surface area contributed by atoms with Gasteiger partial charge in [-0.3, -0.25) is 0 Å². The highest BCUT2D eigenvalue weighted by molar-refractivity contribution is 7.16. The number of hydrogen-bond acceptors (Lipinski definition) is 4. The molecule has 4 nitrogen and oxygen atoms in total. The molecule has 0 spiro atoms. The Morgan fingerprint density at radius 1 is 1.37 bits per heavy atom. The van der Waals surface area contributed by atoms with Gasteiger partial charge in [-0.05, 0) is 24.3 Å². The second-order valence-electron chi connectivity index (χ2n) is 4.06. The van der Waals surface area contributed by atoms with Crippen LogP contribution in [0.4, 0.5) is 5.69 Å². The van der Waals surface area contributed by atoms with Crippen molar-refractivity contribution in [2.45, 2.75) is 6.54 Å². The topological polar surface area (TPSA) is 61.8 Å². The lowest BCUT2D eigenvalue weighted by Gasteiger charge is -2.21. The molecule has 0 bridgehead atoms. The number of halogens is 1. The summed E-state index contributed by atoms with van der Waals surface area (Å²) in [5.41, 5.74) is 7.29. The fourth-order valence-corrected chi connectivity index (χ4v) is 2.97.